The fourth-order valence-electron chi connectivity index (χ4n) is 3.81. The van der Waals surface area contributed by atoms with Gasteiger partial charge >= 0.3 is 6.43 Å². The maximum absolute atomic E-state index is 12.4. The molecule has 150 valence electrons. The fourth-order valence-corrected chi connectivity index (χ4v) is 3.81. The maximum atomic E-state index is 12.4. The van der Waals surface area contributed by atoms with E-state index in [9.17, 15) is 13.6 Å². The molecule has 1 aromatic heterocycles. The van der Waals surface area contributed by atoms with E-state index >= 15 is 0 Å². The molecule has 2 heterocycles. The van der Waals surface area contributed by atoms with Gasteiger partial charge < -0.3 is 19.7 Å². The smallest absolute Gasteiger partial charge is 0.315 e. The molecule has 2 atom stereocenters. The van der Waals surface area contributed by atoms with Gasteiger partial charge in [-0.1, -0.05) is 6.07 Å². The quantitative estimate of drug-likeness (QED) is 0.815. The molecule has 4 rings (SSSR count). The maximum Gasteiger partial charge on any atom is 0.315 e. The Balaban J connectivity index is 1.52. The second kappa shape index (κ2) is 7.84. The van der Waals surface area contributed by atoms with Crippen molar-refractivity contribution in [1.82, 2.24) is 15.5 Å². The summed E-state index contributed by atoms with van der Waals surface area (Å²) in [4.78, 5) is 13.0. The van der Waals surface area contributed by atoms with E-state index in [4.69, 9.17) is 9.47 Å². The van der Waals surface area contributed by atoms with Gasteiger partial charge in [0.15, 0.2) is 0 Å². The average Bonchev–Trinajstić information content (AvgIpc) is 3.29. The minimum atomic E-state index is -3.03. The summed E-state index contributed by atoms with van der Waals surface area (Å²) in [6.07, 6.45) is 0.737. The first-order valence-corrected chi connectivity index (χ1v) is 9.23. The first kappa shape index (κ1) is 18.8. The second-order valence-electron chi connectivity index (χ2n) is 6.96. The highest BCUT2D eigenvalue weighted by atomic mass is 19.3. The summed E-state index contributed by atoms with van der Waals surface area (Å²) in [5.74, 6) is -1.29. The molecule has 2 aliphatic rings. The summed E-state index contributed by atoms with van der Waals surface area (Å²) in [6.45, 7) is 0.429. The number of fused-ring (bicyclic) bond motifs is 3. The Kier molecular flexibility index (Phi) is 5.27. The van der Waals surface area contributed by atoms with Gasteiger partial charge in [-0.2, -0.15) is 13.9 Å². The number of aromatic amines is 1. The van der Waals surface area contributed by atoms with Gasteiger partial charge in [-0.15, -0.1) is 0 Å². The van der Waals surface area contributed by atoms with Crippen LogP contribution in [0.5, 0.6) is 0 Å². The van der Waals surface area contributed by atoms with E-state index in [2.05, 4.69) is 27.6 Å². The normalized spacial score (nSPS) is 21.4. The van der Waals surface area contributed by atoms with Gasteiger partial charge in [0.05, 0.1) is 24.5 Å². The third-order valence-corrected chi connectivity index (χ3v) is 5.17. The van der Waals surface area contributed by atoms with Crippen LogP contribution < -0.4 is 10.2 Å². The molecule has 1 aliphatic carbocycles. The Bertz CT molecular complexity index is 857. The minimum Gasteiger partial charge on any atom is -0.348 e. The number of nitrogens with zero attached hydrogens (tertiary/aromatic N) is 2. The molecule has 9 heteroatoms. The lowest BCUT2D eigenvalue weighted by Gasteiger charge is -2.24. The lowest BCUT2D eigenvalue weighted by molar-refractivity contribution is -0.134. The third-order valence-electron chi connectivity index (χ3n) is 5.17. The number of hydrogen-bond acceptors (Lipinski definition) is 5. The summed E-state index contributed by atoms with van der Waals surface area (Å²) < 4.78 is 35.9. The van der Waals surface area contributed by atoms with Crippen LogP contribution >= 0.6 is 0 Å². The summed E-state index contributed by atoms with van der Waals surface area (Å²) in [5.41, 5.74) is 5.57. The van der Waals surface area contributed by atoms with Crippen LogP contribution in [0.15, 0.2) is 24.4 Å². The molecule has 7 nitrogen and oxygen atoms in total. The first-order chi connectivity index (χ1) is 13.6. The number of H-pyrrole nitrogens is 1. The van der Waals surface area contributed by atoms with Crippen LogP contribution in [0.4, 0.5) is 14.5 Å². The van der Waals surface area contributed by atoms with Crippen LogP contribution in [-0.4, -0.2) is 55.2 Å². The predicted molar refractivity (Wildman–Crippen MR) is 98.1 cm³/mol. The number of methoxy groups -OCH3 is 1. The van der Waals surface area contributed by atoms with Crippen molar-refractivity contribution >= 4 is 11.6 Å². The van der Waals surface area contributed by atoms with E-state index in [0.717, 1.165) is 36.2 Å². The van der Waals surface area contributed by atoms with Gasteiger partial charge in [-0.05, 0) is 42.5 Å². The number of benzene rings is 1. The zero-order valence-electron chi connectivity index (χ0n) is 15.5. The van der Waals surface area contributed by atoms with Crippen molar-refractivity contribution in [3.05, 3.63) is 35.5 Å². The number of carbonyl (C=O) groups is 1. The van der Waals surface area contributed by atoms with Gasteiger partial charge in [-0.25, -0.2) is 0 Å². The minimum absolute atomic E-state index is 0.00196. The lowest BCUT2D eigenvalue weighted by atomic mass is 10.0. The standard InChI is InChI=1S/C19H22F2N4O3/c1-27-19-25(10-14(28-19)9-22-18(26)17(20)21)13-5-6-15-11(7-13)3-2-4-12-8-23-24-16(12)15/h5-8,14,17,19H,2-4,9-10H2,1H3,(H,22,26)(H,23,24)/t14-,19?/m0/s1. The molecule has 28 heavy (non-hydrogen) atoms. The molecule has 1 aromatic carbocycles. The van der Waals surface area contributed by atoms with Crippen molar-refractivity contribution in [3.8, 4) is 11.3 Å². The van der Waals surface area contributed by atoms with Crippen LogP contribution in [0, 0.1) is 0 Å². The molecule has 1 saturated heterocycles. The predicted octanol–water partition coefficient (Wildman–Crippen LogP) is 2.08. The van der Waals surface area contributed by atoms with Gasteiger partial charge in [0.1, 0.15) is 0 Å². The molecule has 0 spiro atoms. The van der Waals surface area contributed by atoms with Crippen LogP contribution in [-0.2, 0) is 27.1 Å². The number of carbonyl (C=O) groups excluding carboxylic acids is 1. The molecule has 1 amide bonds. The summed E-state index contributed by atoms with van der Waals surface area (Å²) in [7, 11) is 1.53. The summed E-state index contributed by atoms with van der Waals surface area (Å²) >= 11 is 0. The van der Waals surface area contributed by atoms with Crippen molar-refractivity contribution in [2.24, 2.45) is 0 Å². The molecule has 1 fully saturated rings. The van der Waals surface area contributed by atoms with Gasteiger partial charge in [0.25, 0.3) is 5.91 Å². The lowest BCUT2D eigenvalue weighted by Crippen LogP contribution is -2.37. The topological polar surface area (TPSA) is 79.5 Å². The highest BCUT2D eigenvalue weighted by Gasteiger charge is 2.34. The zero-order valence-corrected chi connectivity index (χ0v) is 15.5. The molecular formula is C19H22F2N4O3. The molecule has 0 radical (unpaired) electrons. The van der Waals surface area contributed by atoms with Gasteiger partial charge in [0.2, 0.25) is 6.41 Å². The van der Waals surface area contributed by atoms with Crippen LogP contribution in [0.2, 0.25) is 0 Å². The largest absolute Gasteiger partial charge is 0.348 e. The molecule has 2 aromatic rings. The zero-order chi connectivity index (χ0) is 19.7. The number of aromatic nitrogens is 2. The Labute approximate surface area is 161 Å². The molecule has 1 unspecified atom stereocenters. The van der Waals surface area contributed by atoms with Crippen LogP contribution in [0.25, 0.3) is 11.3 Å². The molecule has 0 saturated carbocycles. The fraction of sp³-hybridized carbons (Fsp3) is 0.474. The highest BCUT2D eigenvalue weighted by Crippen LogP contribution is 2.35. The van der Waals surface area contributed by atoms with E-state index in [0.29, 0.717) is 6.54 Å². The van der Waals surface area contributed by atoms with E-state index in [1.807, 2.05) is 17.2 Å². The monoisotopic (exact) mass is 392 g/mol. The Morgan fingerprint density at radius 3 is 3.04 bits per heavy atom. The first-order valence-electron chi connectivity index (χ1n) is 9.23. The van der Waals surface area contributed by atoms with Crippen molar-refractivity contribution in [2.45, 2.75) is 38.2 Å². The number of rotatable bonds is 5. The van der Waals surface area contributed by atoms with Crippen LogP contribution in [0.3, 0.4) is 0 Å². The number of halogens is 2. The number of alkyl halides is 2. The number of anilines is 1. The Hall–Kier alpha value is -2.52. The summed E-state index contributed by atoms with van der Waals surface area (Å²) in [5, 5.41) is 9.45. The number of nitrogens with one attached hydrogen (secondary N) is 2. The number of ether oxygens (including phenoxy) is 2. The highest BCUT2D eigenvalue weighted by molar-refractivity contribution is 5.79. The van der Waals surface area contributed by atoms with E-state index in [1.165, 1.54) is 18.2 Å². The molecule has 0 bridgehead atoms. The van der Waals surface area contributed by atoms with Crippen molar-refractivity contribution in [3.63, 3.8) is 0 Å². The van der Waals surface area contributed by atoms with Gasteiger partial charge in [0, 0.05) is 24.9 Å². The second-order valence-corrected chi connectivity index (χ2v) is 6.96. The van der Waals surface area contributed by atoms with E-state index in [-0.39, 0.29) is 6.54 Å². The van der Waals surface area contributed by atoms with E-state index < -0.39 is 24.9 Å². The SMILES string of the molecule is COC1O[C@@H](CNC(=O)C(F)F)CN1c1ccc2c(c1)CCCc1cn[nH]c1-2. The van der Waals surface area contributed by atoms with Crippen molar-refractivity contribution in [2.75, 3.05) is 25.1 Å². The van der Waals surface area contributed by atoms with Crippen LogP contribution in [0.1, 0.15) is 17.5 Å². The number of aryl methyl sites for hydroxylation is 2. The summed E-state index contributed by atoms with van der Waals surface area (Å²) in [6, 6.07) is 6.16. The van der Waals surface area contributed by atoms with Crippen molar-refractivity contribution in [1.29, 1.82) is 0 Å². The molecular weight excluding hydrogens is 370 g/mol. The third kappa shape index (κ3) is 3.59. The molecule has 2 N–H and O–H groups in total. The van der Waals surface area contributed by atoms with Crippen molar-refractivity contribution < 1.29 is 23.0 Å². The molecule has 1 aliphatic heterocycles. The number of amides is 1. The van der Waals surface area contributed by atoms with E-state index in [1.54, 1.807) is 0 Å². The van der Waals surface area contributed by atoms with Gasteiger partial charge in [-0.3, -0.25) is 9.89 Å². The average molecular weight is 392 g/mol. The Morgan fingerprint density at radius 2 is 2.25 bits per heavy atom. The number of hydrogen-bond donors (Lipinski definition) is 2. The Morgan fingerprint density at radius 1 is 1.43 bits per heavy atom.